The number of hydrogen-bond acceptors (Lipinski definition) is 4. The number of carbonyl (C=O) groups excluding carboxylic acids is 1. The lowest BCUT2D eigenvalue weighted by atomic mass is 10.0. The second-order valence-electron chi connectivity index (χ2n) is 6.01. The first-order valence-corrected chi connectivity index (χ1v) is 8.77. The number of rotatable bonds is 15. The number of aliphatic hydroxyl groups is 2. The number of ketones is 1. The largest absolute Gasteiger partial charge is 0.481 e. The molecule has 0 rings (SSSR count). The van der Waals surface area contributed by atoms with E-state index in [4.69, 9.17) is 5.11 Å². The number of carbonyl (C=O) groups is 2. The molecule has 2 atom stereocenters. The van der Waals surface area contributed by atoms with Crippen molar-refractivity contribution in [2.75, 3.05) is 0 Å². The molecule has 0 amide bonds. The monoisotopic (exact) mass is 328 g/mol. The summed E-state index contributed by atoms with van der Waals surface area (Å²) in [4.78, 5) is 22.0. The fraction of sp³-hybridized carbons (Fsp3) is 0.778. The normalized spacial score (nSPS) is 14.0. The van der Waals surface area contributed by atoms with Crippen LogP contribution in [0, 0.1) is 0 Å². The number of unbranched alkanes of at least 4 members (excludes halogenated alkanes) is 7. The van der Waals surface area contributed by atoms with E-state index in [1.165, 1.54) is 6.08 Å². The minimum Gasteiger partial charge on any atom is -0.481 e. The maximum atomic E-state index is 11.7. The summed E-state index contributed by atoms with van der Waals surface area (Å²) < 4.78 is 0. The van der Waals surface area contributed by atoms with Crippen LogP contribution in [-0.2, 0) is 9.59 Å². The third-order valence-corrected chi connectivity index (χ3v) is 3.80. The Bertz CT molecular complexity index is 351. The van der Waals surface area contributed by atoms with Gasteiger partial charge in [0.2, 0.25) is 0 Å². The topological polar surface area (TPSA) is 94.8 Å². The molecule has 0 aromatic carbocycles. The van der Waals surface area contributed by atoms with Crippen LogP contribution < -0.4 is 0 Å². The van der Waals surface area contributed by atoms with Crippen LogP contribution in [0.1, 0.15) is 77.6 Å². The second-order valence-corrected chi connectivity index (χ2v) is 6.01. The van der Waals surface area contributed by atoms with Gasteiger partial charge in [-0.2, -0.15) is 0 Å². The lowest BCUT2D eigenvalue weighted by Gasteiger charge is -2.14. The minimum atomic E-state index is -1.32. The Morgan fingerprint density at radius 3 is 2.26 bits per heavy atom. The summed E-state index contributed by atoms with van der Waals surface area (Å²) in [5, 5.41) is 28.0. The highest BCUT2D eigenvalue weighted by atomic mass is 16.4. The van der Waals surface area contributed by atoms with Gasteiger partial charge in [0.15, 0.2) is 5.78 Å². The molecule has 0 fully saturated rings. The molecule has 134 valence electrons. The summed E-state index contributed by atoms with van der Waals surface area (Å²) in [7, 11) is 0. The van der Waals surface area contributed by atoms with E-state index in [0.717, 1.165) is 51.4 Å². The van der Waals surface area contributed by atoms with Gasteiger partial charge in [-0.05, 0) is 31.8 Å². The fourth-order valence-corrected chi connectivity index (χ4v) is 2.32. The number of carboxylic acids is 1. The molecule has 23 heavy (non-hydrogen) atoms. The maximum absolute atomic E-state index is 11.7. The van der Waals surface area contributed by atoms with E-state index >= 15 is 0 Å². The molecule has 0 spiro atoms. The summed E-state index contributed by atoms with van der Waals surface area (Å²) >= 11 is 0. The van der Waals surface area contributed by atoms with Gasteiger partial charge in [0.05, 0.1) is 6.10 Å². The summed E-state index contributed by atoms with van der Waals surface area (Å²) in [6.45, 7) is 2.06. The lowest BCUT2D eigenvalue weighted by Crippen LogP contribution is -2.32. The average molecular weight is 328 g/mol. The highest BCUT2D eigenvalue weighted by Crippen LogP contribution is 2.10. The minimum absolute atomic E-state index is 0.229. The zero-order valence-electron chi connectivity index (χ0n) is 14.2. The van der Waals surface area contributed by atoms with Crippen molar-refractivity contribution in [2.45, 2.75) is 89.8 Å². The third kappa shape index (κ3) is 13.0. The van der Waals surface area contributed by atoms with E-state index < -0.39 is 24.0 Å². The number of aliphatic carboxylic acids is 1. The van der Waals surface area contributed by atoms with Crippen molar-refractivity contribution in [1.82, 2.24) is 0 Å². The van der Waals surface area contributed by atoms with Crippen molar-refractivity contribution in [2.24, 2.45) is 0 Å². The van der Waals surface area contributed by atoms with Crippen molar-refractivity contribution in [1.29, 1.82) is 0 Å². The zero-order chi connectivity index (χ0) is 17.5. The molecule has 5 nitrogen and oxygen atoms in total. The standard InChI is InChI=1S/C18H32O5/c1-2-3-9-12-15(19)18(23)16(20)13-10-7-5-4-6-8-11-14-17(21)22/h10,13,15,18-19,23H,2-9,11-12,14H2,1H3,(H,21,22)/b13-10-. The third-order valence-electron chi connectivity index (χ3n) is 3.80. The van der Waals surface area contributed by atoms with E-state index in [-0.39, 0.29) is 6.42 Å². The van der Waals surface area contributed by atoms with Crippen molar-refractivity contribution in [3.05, 3.63) is 12.2 Å². The van der Waals surface area contributed by atoms with Crippen LogP contribution in [0.25, 0.3) is 0 Å². The smallest absolute Gasteiger partial charge is 0.303 e. The predicted molar refractivity (Wildman–Crippen MR) is 90.3 cm³/mol. The Morgan fingerprint density at radius 2 is 1.61 bits per heavy atom. The van der Waals surface area contributed by atoms with Gasteiger partial charge in [-0.1, -0.05) is 51.5 Å². The number of hydrogen-bond donors (Lipinski definition) is 3. The Labute approximate surface area is 139 Å². The average Bonchev–Trinajstić information content (AvgIpc) is 2.52. The summed E-state index contributed by atoms with van der Waals surface area (Å²) in [5.41, 5.74) is 0. The molecule has 5 heteroatoms. The SMILES string of the molecule is CCCCCC(O)C(O)C(=O)/C=C\CCCCCCCC(=O)O. The summed E-state index contributed by atoms with van der Waals surface area (Å²) in [5.74, 6) is -1.18. The first-order chi connectivity index (χ1) is 11.0. The molecular weight excluding hydrogens is 296 g/mol. The van der Waals surface area contributed by atoms with Gasteiger partial charge >= 0.3 is 5.97 Å². The summed E-state index contributed by atoms with van der Waals surface area (Å²) in [6.07, 6.45) is 9.62. The Morgan fingerprint density at radius 1 is 0.957 bits per heavy atom. The van der Waals surface area contributed by atoms with E-state index in [1.807, 2.05) is 0 Å². The van der Waals surface area contributed by atoms with E-state index in [2.05, 4.69) is 6.92 Å². The zero-order valence-corrected chi connectivity index (χ0v) is 14.2. The van der Waals surface area contributed by atoms with Crippen LogP contribution in [0.3, 0.4) is 0 Å². The van der Waals surface area contributed by atoms with Crippen LogP contribution in [-0.4, -0.2) is 39.3 Å². The Balaban J connectivity index is 3.68. The molecule has 0 aromatic heterocycles. The van der Waals surface area contributed by atoms with Crippen LogP contribution in [0.4, 0.5) is 0 Å². The van der Waals surface area contributed by atoms with Crippen molar-refractivity contribution in [3.63, 3.8) is 0 Å². The first-order valence-electron chi connectivity index (χ1n) is 8.77. The molecule has 0 heterocycles. The van der Waals surface area contributed by atoms with Crippen LogP contribution >= 0.6 is 0 Å². The molecular formula is C18H32O5. The number of aliphatic hydroxyl groups excluding tert-OH is 2. The Kier molecular flexibility index (Phi) is 13.6. The van der Waals surface area contributed by atoms with Gasteiger partial charge in [0.1, 0.15) is 6.10 Å². The molecule has 0 aliphatic carbocycles. The van der Waals surface area contributed by atoms with Gasteiger partial charge in [0.25, 0.3) is 0 Å². The van der Waals surface area contributed by atoms with Crippen LogP contribution in [0.15, 0.2) is 12.2 Å². The molecule has 0 aromatic rings. The molecule has 0 radical (unpaired) electrons. The second kappa shape index (κ2) is 14.4. The van der Waals surface area contributed by atoms with Gasteiger partial charge in [-0.15, -0.1) is 0 Å². The summed E-state index contributed by atoms with van der Waals surface area (Å²) in [6, 6.07) is 0. The maximum Gasteiger partial charge on any atom is 0.303 e. The molecule has 0 aliphatic heterocycles. The Hall–Kier alpha value is -1.20. The van der Waals surface area contributed by atoms with Gasteiger partial charge < -0.3 is 15.3 Å². The van der Waals surface area contributed by atoms with Gasteiger partial charge in [-0.25, -0.2) is 0 Å². The van der Waals surface area contributed by atoms with E-state index in [9.17, 15) is 19.8 Å². The van der Waals surface area contributed by atoms with Crippen molar-refractivity contribution in [3.8, 4) is 0 Å². The van der Waals surface area contributed by atoms with Crippen molar-refractivity contribution >= 4 is 11.8 Å². The molecule has 0 saturated carbocycles. The fourth-order valence-electron chi connectivity index (χ4n) is 2.32. The van der Waals surface area contributed by atoms with Crippen LogP contribution in [0.5, 0.6) is 0 Å². The predicted octanol–water partition coefficient (Wildman–Crippen LogP) is 3.23. The quantitative estimate of drug-likeness (QED) is 0.317. The molecule has 0 bridgehead atoms. The number of allylic oxidation sites excluding steroid dienone is 1. The highest BCUT2D eigenvalue weighted by molar-refractivity contribution is 5.93. The highest BCUT2D eigenvalue weighted by Gasteiger charge is 2.21. The molecule has 0 aliphatic rings. The van der Waals surface area contributed by atoms with E-state index in [0.29, 0.717) is 12.8 Å². The molecule has 2 unspecified atom stereocenters. The van der Waals surface area contributed by atoms with Crippen LogP contribution in [0.2, 0.25) is 0 Å². The van der Waals surface area contributed by atoms with Gasteiger partial charge in [0, 0.05) is 6.42 Å². The number of carboxylic acid groups (broad SMARTS) is 1. The van der Waals surface area contributed by atoms with Gasteiger partial charge in [-0.3, -0.25) is 9.59 Å². The first kappa shape index (κ1) is 21.8. The lowest BCUT2D eigenvalue weighted by molar-refractivity contribution is -0.137. The van der Waals surface area contributed by atoms with E-state index in [1.54, 1.807) is 6.08 Å². The van der Waals surface area contributed by atoms with Crippen molar-refractivity contribution < 1.29 is 24.9 Å². The molecule has 0 saturated heterocycles. The molecule has 3 N–H and O–H groups in total.